The summed E-state index contributed by atoms with van der Waals surface area (Å²) < 4.78 is 2.38. The molecule has 2 heteroatoms. The second-order valence-corrected chi connectivity index (χ2v) is 6.29. The third-order valence-corrected chi connectivity index (χ3v) is 4.73. The highest BCUT2D eigenvalue weighted by molar-refractivity contribution is 5.79. The van der Waals surface area contributed by atoms with E-state index in [1.165, 1.54) is 47.1 Å². The van der Waals surface area contributed by atoms with Gasteiger partial charge < -0.3 is 9.47 Å². The number of nitrogens with zero attached hydrogens (tertiary/aromatic N) is 2. The molecule has 0 spiro atoms. The molecular formula is C20H22N2. The lowest BCUT2D eigenvalue weighted by Crippen LogP contribution is -2.22. The molecule has 112 valence electrons. The lowest BCUT2D eigenvalue weighted by atomic mass is 10.1. The van der Waals surface area contributed by atoms with Crippen molar-refractivity contribution in [3.63, 3.8) is 0 Å². The average Bonchev–Trinajstić information content (AvgIpc) is 3.12. The fraction of sp³-hybridized carbons (Fsp3) is 0.300. The Balaban J connectivity index is 1.42. The predicted molar refractivity (Wildman–Crippen MR) is 93.7 cm³/mol. The van der Waals surface area contributed by atoms with Crippen LogP contribution in [0.25, 0.3) is 10.9 Å². The number of hydrogen-bond acceptors (Lipinski definition) is 1. The molecule has 0 aliphatic carbocycles. The van der Waals surface area contributed by atoms with Gasteiger partial charge in [0.1, 0.15) is 0 Å². The summed E-state index contributed by atoms with van der Waals surface area (Å²) in [6.45, 7) is 5.58. The zero-order valence-corrected chi connectivity index (χ0v) is 13.1. The fourth-order valence-electron chi connectivity index (χ4n) is 3.60. The van der Waals surface area contributed by atoms with Crippen LogP contribution in [-0.4, -0.2) is 17.7 Å². The minimum Gasteiger partial charge on any atom is -0.371 e. The third kappa shape index (κ3) is 2.39. The van der Waals surface area contributed by atoms with Crippen molar-refractivity contribution in [3.8, 4) is 0 Å². The number of para-hydroxylation sites is 1. The van der Waals surface area contributed by atoms with Gasteiger partial charge in [0.25, 0.3) is 0 Å². The van der Waals surface area contributed by atoms with Crippen molar-refractivity contribution >= 4 is 16.6 Å². The van der Waals surface area contributed by atoms with Crippen LogP contribution in [0.2, 0.25) is 0 Å². The lowest BCUT2D eigenvalue weighted by molar-refractivity contribution is 0.645. The van der Waals surface area contributed by atoms with E-state index in [0.29, 0.717) is 0 Å². The number of aromatic nitrogens is 1. The van der Waals surface area contributed by atoms with E-state index in [4.69, 9.17) is 0 Å². The molecule has 22 heavy (non-hydrogen) atoms. The zero-order chi connectivity index (χ0) is 14.9. The summed E-state index contributed by atoms with van der Waals surface area (Å²) in [6, 6.07) is 17.7. The second-order valence-electron chi connectivity index (χ2n) is 6.29. The molecule has 0 N–H and O–H groups in total. The minimum absolute atomic E-state index is 1.09. The first-order chi connectivity index (χ1) is 10.8. The van der Waals surface area contributed by atoms with E-state index in [1.807, 2.05) is 0 Å². The van der Waals surface area contributed by atoms with Gasteiger partial charge in [-0.25, -0.2) is 0 Å². The lowest BCUT2D eigenvalue weighted by Gasteiger charge is -2.19. The number of fused-ring (bicyclic) bond motifs is 2. The predicted octanol–water partition coefficient (Wildman–Crippen LogP) is 4.40. The molecule has 2 aromatic carbocycles. The first-order valence-electron chi connectivity index (χ1n) is 8.20. The molecule has 2 heterocycles. The van der Waals surface area contributed by atoms with Crippen LogP contribution in [0.3, 0.4) is 0 Å². The Morgan fingerprint density at radius 2 is 1.91 bits per heavy atom. The monoisotopic (exact) mass is 290 g/mol. The Morgan fingerprint density at radius 1 is 1.00 bits per heavy atom. The van der Waals surface area contributed by atoms with Crippen LogP contribution in [0.1, 0.15) is 17.5 Å². The number of anilines is 1. The topological polar surface area (TPSA) is 8.17 Å². The molecule has 0 saturated heterocycles. The van der Waals surface area contributed by atoms with Crippen LogP contribution in [-0.2, 0) is 13.0 Å². The first kappa shape index (κ1) is 13.4. The Morgan fingerprint density at radius 3 is 2.86 bits per heavy atom. The summed E-state index contributed by atoms with van der Waals surface area (Å²) in [5.74, 6) is 0. The third-order valence-electron chi connectivity index (χ3n) is 4.73. The Hall–Kier alpha value is -2.22. The number of benzene rings is 2. The summed E-state index contributed by atoms with van der Waals surface area (Å²) in [4.78, 5) is 2.54. The van der Waals surface area contributed by atoms with Crippen LogP contribution in [0.5, 0.6) is 0 Å². The molecule has 0 amide bonds. The van der Waals surface area contributed by atoms with E-state index in [0.717, 1.165) is 13.1 Å². The van der Waals surface area contributed by atoms with Crippen LogP contribution in [0.4, 0.5) is 5.69 Å². The van der Waals surface area contributed by atoms with Crippen LogP contribution in [0, 0.1) is 6.92 Å². The Labute approximate surface area is 132 Å². The molecule has 1 aliphatic heterocycles. The molecule has 1 aromatic heterocycles. The van der Waals surface area contributed by atoms with E-state index >= 15 is 0 Å². The molecule has 2 nitrogen and oxygen atoms in total. The molecule has 0 unspecified atom stereocenters. The van der Waals surface area contributed by atoms with E-state index < -0.39 is 0 Å². The molecule has 0 fully saturated rings. The molecule has 0 saturated carbocycles. The number of rotatable bonds is 4. The largest absolute Gasteiger partial charge is 0.371 e. The highest BCUT2D eigenvalue weighted by Crippen LogP contribution is 2.28. The van der Waals surface area contributed by atoms with E-state index in [1.54, 1.807) is 0 Å². The molecule has 0 radical (unpaired) electrons. The maximum atomic E-state index is 2.54. The van der Waals surface area contributed by atoms with Gasteiger partial charge in [0.05, 0.1) is 0 Å². The van der Waals surface area contributed by atoms with Gasteiger partial charge in [0.2, 0.25) is 0 Å². The normalized spacial score (nSPS) is 13.8. The molecular weight excluding hydrogens is 268 g/mol. The quantitative estimate of drug-likeness (QED) is 0.691. The van der Waals surface area contributed by atoms with Gasteiger partial charge in [-0.05, 0) is 48.9 Å². The summed E-state index contributed by atoms with van der Waals surface area (Å²) in [6.07, 6.45) is 4.60. The van der Waals surface area contributed by atoms with E-state index in [9.17, 15) is 0 Å². The maximum absolute atomic E-state index is 2.54. The smallest absolute Gasteiger partial charge is 0.0480 e. The minimum atomic E-state index is 1.09. The van der Waals surface area contributed by atoms with Gasteiger partial charge >= 0.3 is 0 Å². The van der Waals surface area contributed by atoms with E-state index in [2.05, 4.69) is 71.1 Å². The van der Waals surface area contributed by atoms with Crippen molar-refractivity contribution in [1.82, 2.24) is 4.57 Å². The van der Waals surface area contributed by atoms with Gasteiger partial charge in [0, 0.05) is 37.0 Å². The highest BCUT2D eigenvalue weighted by atomic mass is 15.1. The Bertz CT molecular complexity index is 800. The molecule has 1 aliphatic rings. The van der Waals surface area contributed by atoms with Gasteiger partial charge in [-0.1, -0.05) is 35.9 Å². The standard InChI is InChI=1S/C20H22N2/c1-16-7-8-20-18(15-16)10-14-22(20)12-4-11-21-13-9-17-5-2-3-6-19(17)21/h2-3,5-9,13,15H,4,10-12,14H2,1H3. The summed E-state index contributed by atoms with van der Waals surface area (Å²) in [7, 11) is 0. The van der Waals surface area contributed by atoms with E-state index in [-0.39, 0.29) is 0 Å². The van der Waals surface area contributed by atoms with Crippen LogP contribution < -0.4 is 4.90 Å². The molecule has 4 rings (SSSR count). The summed E-state index contributed by atoms with van der Waals surface area (Å²) in [5, 5.41) is 1.34. The van der Waals surface area contributed by atoms with Gasteiger partial charge in [-0.3, -0.25) is 0 Å². The summed E-state index contributed by atoms with van der Waals surface area (Å²) in [5.41, 5.74) is 5.69. The van der Waals surface area contributed by atoms with Crippen molar-refractivity contribution < 1.29 is 0 Å². The van der Waals surface area contributed by atoms with Crippen LogP contribution in [0.15, 0.2) is 54.7 Å². The molecule has 0 atom stereocenters. The molecule has 0 bridgehead atoms. The van der Waals surface area contributed by atoms with Gasteiger partial charge in [-0.2, -0.15) is 0 Å². The van der Waals surface area contributed by atoms with Gasteiger partial charge in [-0.15, -0.1) is 0 Å². The maximum Gasteiger partial charge on any atom is 0.0480 e. The zero-order valence-electron chi connectivity index (χ0n) is 13.1. The highest BCUT2D eigenvalue weighted by Gasteiger charge is 2.18. The number of hydrogen-bond donors (Lipinski definition) is 0. The van der Waals surface area contributed by atoms with Crippen LogP contribution >= 0.6 is 0 Å². The molecule has 3 aromatic rings. The van der Waals surface area contributed by atoms with Crippen molar-refractivity contribution in [2.45, 2.75) is 26.3 Å². The van der Waals surface area contributed by atoms with Crippen molar-refractivity contribution in [1.29, 1.82) is 0 Å². The SMILES string of the molecule is Cc1ccc2c(c1)CCN2CCCn1ccc2ccccc21. The first-order valence-corrected chi connectivity index (χ1v) is 8.20. The average molecular weight is 290 g/mol. The second kappa shape index (κ2) is 5.53. The van der Waals surface area contributed by atoms with Gasteiger partial charge in [0.15, 0.2) is 0 Å². The summed E-state index contributed by atoms with van der Waals surface area (Å²) >= 11 is 0. The van der Waals surface area contributed by atoms with Crippen molar-refractivity contribution in [2.24, 2.45) is 0 Å². The fourth-order valence-corrected chi connectivity index (χ4v) is 3.60. The van der Waals surface area contributed by atoms with Crippen molar-refractivity contribution in [3.05, 3.63) is 65.9 Å². The number of aryl methyl sites for hydroxylation is 2. The van der Waals surface area contributed by atoms with Crippen molar-refractivity contribution in [2.75, 3.05) is 18.0 Å². The Kier molecular flexibility index (Phi) is 3.38.